The standard InChI is InChI=1S/C31H43N3O5/c1-9-15-37-26-21-33(28(35)38-30(3,4)5)20-24(26)18-25-16-22(2)17-27(32-25)34(29(36)39-31(6,7)8)19-23-13-11-10-12-14-23/h9-14,16-17,24,26H,1,15,18-21H2,2-8H3. The van der Waals surface area contributed by atoms with Gasteiger partial charge in [-0.3, -0.25) is 4.90 Å². The smallest absolute Gasteiger partial charge is 0.416 e. The predicted octanol–water partition coefficient (Wildman–Crippen LogP) is 6.31. The Morgan fingerprint density at radius 2 is 1.72 bits per heavy atom. The van der Waals surface area contributed by atoms with Crippen LogP contribution in [0.4, 0.5) is 15.4 Å². The molecule has 0 radical (unpaired) electrons. The van der Waals surface area contributed by atoms with E-state index in [1.807, 2.05) is 90.9 Å². The van der Waals surface area contributed by atoms with Gasteiger partial charge in [0.2, 0.25) is 0 Å². The molecule has 2 unspecified atom stereocenters. The molecule has 212 valence electrons. The quantitative estimate of drug-likeness (QED) is 0.367. The SMILES string of the molecule is C=CCOC1CN(C(=O)OC(C)(C)C)CC1Cc1cc(C)cc(N(Cc2ccccc2)C(=O)OC(C)(C)C)n1. The molecule has 0 aliphatic carbocycles. The van der Waals surface area contributed by atoms with E-state index in [-0.39, 0.29) is 18.1 Å². The van der Waals surface area contributed by atoms with E-state index < -0.39 is 17.3 Å². The average molecular weight is 538 g/mol. The summed E-state index contributed by atoms with van der Waals surface area (Å²) < 4.78 is 17.4. The van der Waals surface area contributed by atoms with Crippen molar-refractivity contribution in [3.63, 3.8) is 0 Å². The lowest BCUT2D eigenvalue weighted by Gasteiger charge is -2.27. The molecule has 0 saturated carbocycles. The predicted molar refractivity (Wildman–Crippen MR) is 153 cm³/mol. The molecule has 0 spiro atoms. The summed E-state index contributed by atoms with van der Waals surface area (Å²) in [4.78, 5) is 34.3. The number of pyridine rings is 1. The maximum Gasteiger partial charge on any atom is 0.416 e. The van der Waals surface area contributed by atoms with Crippen molar-refractivity contribution in [2.75, 3.05) is 24.6 Å². The van der Waals surface area contributed by atoms with Gasteiger partial charge in [-0.05, 0) is 78.1 Å². The second kappa shape index (κ2) is 12.6. The van der Waals surface area contributed by atoms with E-state index in [1.54, 1.807) is 15.9 Å². The van der Waals surface area contributed by atoms with Crippen LogP contribution in [0, 0.1) is 12.8 Å². The highest BCUT2D eigenvalue weighted by Crippen LogP contribution is 2.28. The van der Waals surface area contributed by atoms with E-state index >= 15 is 0 Å². The minimum Gasteiger partial charge on any atom is -0.444 e. The summed E-state index contributed by atoms with van der Waals surface area (Å²) in [6.45, 7) is 18.5. The molecule has 1 aliphatic rings. The number of ether oxygens (including phenoxy) is 3. The lowest BCUT2D eigenvalue weighted by atomic mass is 9.98. The number of hydrogen-bond acceptors (Lipinski definition) is 6. The highest BCUT2D eigenvalue weighted by molar-refractivity contribution is 5.86. The first-order valence-electron chi connectivity index (χ1n) is 13.5. The number of hydrogen-bond donors (Lipinski definition) is 0. The van der Waals surface area contributed by atoms with E-state index in [9.17, 15) is 9.59 Å². The Hall–Kier alpha value is -3.39. The number of aryl methyl sites for hydroxylation is 1. The molecule has 8 heteroatoms. The lowest BCUT2D eigenvalue weighted by molar-refractivity contribution is 0.0225. The van der Waals surface area contributed by atoms with Gasteiger partial charge >= 0.3 is 12.2 Å². The highest BCUT2D eigenvalue weighted by Gasteiger charge is 2.38. The zero-order valence-electron chi connectivity index (χ0n) is 24.4. The summed E-state index contributed by atoms with van der Waals surface area (Å²) in [5.74, 6) is 0.525. The lowest BCUT2D eigenvalue weighted by Crippen LogP contribution is -2.37. The van der Waals surface area contributed by atoms with Crippen molar-refractivity contribution in [3.8, 4) is 0 Å². The van der Waals surface area contributed by atoms with Crippen molar-refractivity contribution in [2.45, 2.75) is 78.7 Å². The molecule has 0 bridgehead atoms. The zero-order valence-corrected chi connectivity index (χ0v) is 24.4. The van der Waals surface area contributed by atoms with Gasteiger partial charge in [-0.1, -0.05) is 36.4 Å². The second-order valence-electron chi connectivity index (χ2n) is 12.1. The molecule has 1 aliphatic heterocycles. The van der Waals surface area contributed by atoms with Crippen molar-refractivity contribution < 1.29 is 23.8 Å². The average Bonchev–Trinajstić information content (AvgIpc) is 3.22. The number of anilines is 1. The van der Waals surface area contributed by atoms with Crippen molar-refractivity contribution in [1.82, 2.24) is 9.88 Å². The van der Waals surface area contributed by atoms with E-state index in [2.05, 4.69) is 6.58 Å². The fourth-order valence-electron chi connectivity index (χ4n) is 4.45. The number of benzene rings is 1. The third-order valence-corrected chi connectivity index (χ3v) is 6.02. The van der Waals surface area contributed by atoms with Crippen molar-refractivity contribution in [1.29, 1.82) is 0 Å². The van der Waals surface area contributed by atoms with E-state index in [0.717, 1.165) is 16.8 Å². The van der Waals surface area contributed by atoms with E-state index in [4.69, 9.17) is 19.2 Å². The molecule has 39 heavy (non-hydrogen) atoms. The molecule has 2 heterocycles. The summed E-state index contributed by atoms with van der Waals surface area (Å²) in [5, 5.41) is 0. The van der Waals surface area contributed by atoms with Gasteiger partial charge in [0.1, 0.15) is 17.0 Å². The van der Waals surface area contributed by atoms with Crippen LogP contribution >= 0.6 is 0 Å². The van der Waals surface area contributed by atoms with E-state index in [0.29, 0.717) is 38.5 Å². The van der Waals surface area contributed by atoms with Crippen molar-refractivity contribution in [3.05, 3.63) is 71.9 Å². The van der Waals surface area contributed by atoms with Crippen LogP contribution in [0.3, 0.4) is 0 Å². The Balaban J connectivity index is 1.88. The number of likely N-dealkylation sites (tertiary alicyclic amines) is 1. The number of rotatable bonds is 8. The van der Waals surface area contributed by atoms with Crippen LogP contribution < -0.4 is 4.90 Å². The summed E-state index contributed by atoms with van der Waals surface area (Å²) in [7, 11) is 0. The Morgan fingerprint density at radius 1 is 1.05 bits per heavy atom. The molecule has 2 aromatic rings. The Labute approximate surface area is 232 Å². The number of aromatic nitrogens is 1. The molecule has 0 N–H and O–H groups in total. The van der Waals surface area contributed by atoms with E-state index in [1.165, 1.54) is 0 Å². The number of nitrogens with zero attached hydrogens (tertiary/aromatic N) is 3. The maximum absolute atomic E-state index is 13.3. The van der Waals surface area contributed by atoms with Gasteiger partial charge in [-0.2, -0.15) is 0 Å². The Morgan fingerprint density at radius 3 is 2.33 bits per heavy atom. The molecule has 2 atom stereocenters. The van der Waals surface area contributed by atoms with Crippen LogP contribution in [0.15, 0.2) is 55.1 Å². The van der Waals surface area contributed by atoms with Crippen LogP contribution in [-0.2, 0) is 27.2 Å². The third-order valence-electron chi connectivity index (χ3n) is 6.02. The number of carbonyl (C=O) groups is 2. The van der Waals surface area contributed by atoms with Gasteiger partial charge in [0, 0.05) is 18.2 Å². The fraction of sp³-hybridized carbons (Fsp3) is 0.516. The summed E-state index contributed by atoms with van der Waals surface area (Å²) >= 11 is 0. The zero-order chi connectivity index (χ0) is 28.8. The van der Waals surface area contributed by atoms with Gasteiger partial charge in [0.15, 0.2) is 0 Å². The van der Waals surface area contributed by atoms with Crippen molar-refractivity contribution >= 4 is 18.0 Å². The minimum absolute atomic E-state index is 0.00344. The molecular weight excluding hydrogens is 494 g/mol. The second-order valence-corrected chi connectivity index (χ2v) is 12.1. The molecule has 8 nitrogen and oxygen atoms in total. The fourth-order valence-corrected chi connectivity index (χ4v) is 4.45. The molecule has 2 amide bonds. The van der Waals surface area contributed by atoms with Crippen LogP contribution in [0.5, 0.6) is 0 Å². The maximum atomic E-state index is 13.3. The number of carbonyl (C=O) groups excluding carboxylic acids is 2. The first kappa shape index (κ1) is 30.2. The summed E-state index contributed by atoms with van der Waals surface area (Å²) in [6.07, 6.45) is 1.28. The van der Waals surface area contributed by atoms with Crippen LogP contribution in [0.2, 0.25) is 0 Å². The Bertz CT molecular complexity index is 1140. The molecular formula is C31H43N3O5. The molecule has 3 rings (SSSR count). The van der Waals surface area contributed by atoms with Gasteiger partial charge in [-0.25, -0.2) is 14.6 Å². The molecule has 1 aromatic carbocycles. The normalized spacial score (nSPS) is 17.6. The molecule has 1 saturated heterocycles. The molecule has 1 fully saturated rings. The topological polar surface area (TPSA) is 81.2 Å². The highest BCUT2D eigenvalue weighted by atomic mass is 16.6. The first-order chi connectivity index (χ1) is 18.2. The summed E-state index contributed by atoms with van der Waals surface area (Å²) in [6, 6.07) is 13.7. The van der Waals surface area contributed by atoms with Gasteiger partial charge < -0.3 is 19.1 Å². The third kappa shape index (κ3) is 9.39. The van der Waals surface area contributed by atoms with Gasteiger partial charge in [0.05, 0.1) is 25.8 Å². The number of amides is 2. The van der Waals surface area contributed by atoms with Gasteiger partial charge in [0.25, 0.3) is 0 Å². The Kier molecular flexibility index (Phi) is 9.78. The molecule has 1 aromatic heterocycles. The van der Waals surface area contributed by atoms with Crippen molar-refractivity contribution in [2.24, 2.45) is 5.92 Å². The van der Waals surface area contributed by atoms with Crippen LogP contribution in [-0.4, -0.2) is 59.1 Å². The largest absolute Gasteiger partial charge is 0.444 e. The first-order valence-corrected chi connectivity index (χ1v) is 13.5. The monoisotopic (exact) mass is 537 g/mol. The summed E-state index contributed by atoms with van der Waals surface area (Å²) in [5.41, 5.74) is 1.53. The van der Waals surface area contributed by atoms with Crippen LogP contribution in [0.25, 0.3) is 0 Å². The van der Waals surface area contributed by atoms with Crippen LogP contribution in [0.1, 0.15) is 58.4 Å². The minimum atomic E-state index is -0.649. The van der Waals surface area contributed by atoms with Gasteiger partial charge in [-0.15, -0.1) is 6.58 Å².